The summed E-state index contributed by atoms with van der Waals surface area (Å²) >= 11 is 0. The standard InChI is InChI=1S/C18H29N3O4S/c1-18(2,3)21-26(23,24)12-13-5-4-6-15(11-13)20-17(22)16(19)14-7-9-25-10-8-14/h4-6,11,14,16,21H,7-10,12,19H2,1-3H3,(H,20,22). The second-order valence-electron chi connectivity index (χ2n) is 7.78. The first-order valence-corrected chi connectivity index (χ1v) is 10.5. The molecule has 2 rings (SSSR count). The summed E-state index contributed by atoms with van der Waals surface area (Å²) < 4.78 is 32.4. The fraction of sp³-hybridized carbons (Fsp3) is 0.611. The van der Waals surface area contributed by atoms with Crippen LogP contribution in [0.15, 0.2) is 24.3 Å². The van der Waals surface area contributed by atoms with Crippen LogP contribution in [0, 0.1) is 5.92 Å². The number of nitrogens with one attached hydrogen (secondary N) is 2. The maximum absolute atomic E-state index is 12.4. The van der Waals surface area contributed by atoms with E-state index in [1.165, 1.54) is 0 Å². The molecule has 1 aliphatic heterocycles. The van der Waals surface area contributed by atoms with Gasteiger partial charge < -0.3 is 15.8 Å². The minimum Gasteiger partial charge on any atom is -0.381 e. The lowest BCUT2D eigenvalue weighted by Gasteiger charge is -2.26. The van der Waals surface area contributed by atoms with Gasteiger partial charge in [0, 0.05) is 24.4 Å². The Labute approximate surface area is 155 Å². The number of ether oxygens (including phenoxy) is 1. The van der Waals surface area contributed by atoms with Crippen molar-refractivity contribution < 1.29 is 17.9 Å². The Morgan fingerprint density at radius 2 is 1.96 bits per heavy atom. The van der Waals surface area contributed by atoms with Crippen LogP contribution in [0.5, 0.6) is 0 Å². The number of hydrogen-bond donors (Lipinski definition) is 3. The molecule has 0 radical (unpaired) electrons. The van der Waals surface area contributed by atoms with Crippen molar-refractivity contribution in [1.82, 2.24) is 4.72 Å². The van der Waals surface area contributed by atoms with E-state index in [4.69, 9.17) is 10.5 Å². The molecule has 0 bridgehead atoms. The Balaban J connectivity index is 2.01. The number of carbonyl (C=O) groups is 1. The Morgan fingerprint density at radius 1 is 1.31 bits per heavy atom. The highest BCUT2D eigenvalue weighted by Crippen LogP contribution is 2.20. The third-order valence-electron chi connectivity index (χ3n) is 4.09. The van der Waals surface area contributed by atoms with Crippen molar-refractivity contribution in [3.05, 3.63) is 29.8 Å². The third kappa shape index (κ3) is 6.68. The zero-order valence-electron chi connectivity index (χ0n) is 15.6. The lowest BCUT2D eigenvalue weighted by atomic mass is 9.92. The van der Waals surface area contributed by atoms with Crippen LogP contribution in [0.4, 0.5) is 5.69 Å². The molecule has 1 unspecified atom stereocenters. The van der Waals surface area contributed by atoms with Crippen LogP contribution in [-0.2, 0) is 25.3 Å². The molecule has 0 saturated carbocycles. The van der Waals surface area contributed by atoms with E-state index in [-0.39, 0.29) is 17.6 Å². The van der Waals surface area contributed by atoms with E-state index in [9.17, 15) is 13.2 Å². The molecule has 8 heteroatoms. The topological polar surface area (TPSA) is 111 Å². The zero-order chi connectivity index (χ0) is 19.4. The minimum atomic E-state index is -3.47. The summed E-state index contributed by atoms with van der Waals surface area (Å²) in [7, 11) is -3.47. The molecule has 0 aromatic heterocycles. The second kappa shape index (κ2) is 8.47. The van der Waals surface area contributed by atoms with Crippen molar-refractivity contribution >= 4 is 21.6 Å². The van der Waals surface area contributed by atoms with Gasteiger partial charge in [-0.15, -0.1) is 0 Å². The van der Waals surface area contributed by atoms with Gasteiger partial charge in [0.25, 0.3) is 0 Å². The van der Waals surface area contributed by atoms with Crippen molar-refractivity contribution in [3.63, 3.8) is 0 Å². The van der Waals surface area contributed by atoms with Crippen LogP contribution >= 0.6 is 0 Å². The van der Waals surface area contributed by atoms with Crippen molar-refractivity contribution in [3.8, 4) is 0 Å². The molecule has 26 heavy (non-hydrogen) atoms. The van der Waals surface area contributed by atoms with Crippen molar-refractivity contribution in [2.24, 2.45) is 11.7 Å². The van der Waals surface area contributed by atoms with E-state index in [1.54, 1.807) is 45.0 Å². The van der Waals surface area contributed by atoms with Gasteiger partial charge in [-0.1, -0.05) is 12.1 Å². The van der Waals surface area contributed by atoms with Crippen LogP contribution in [0.3, 0.4) is 0 Å². The summed E-state index contributed by atoms with van der Waals surface area (Å²) in [5.41, 5.74) is 6.67. The van der Waals surface area contributed by atoms with Gasteiger partial charge in [0.15, 0.2) is 0 Å². The first-order chi connectivity index (χ1) is 12.1. The first kappa shape index (κ1) is 20.8. The monoisotopic (exact) mass is 383 g/mol. The summed E-state index contributed by atoms with van der Waals surface area (Å²) in [4.78, 5) is 12.4. The zero-order valence-corrected chi connectivity index (χ0v) is 16.4. The Bertz CT molecular complexity index is 722. The van der Waals surface area contributed by atoms with Crippen molar-refractivity contribution in [2.75, 3.05) is 18.5 Å². The third-order valence-corrected chi connectivity index (χ3v) is 5.73. The van der Waals surface area contributed by atoms with Gasteiger partial charge in [-0.2, -0.15) is 0 Å². The lowest BCUT2D eigenvalue weighted by Crippen LogP contribution is -2.44. The molecule has 0 spiro atoms. The predicted octanol–water partition coefficient (Wildman–Crippen LogP) is 1.60. The molecular weight excluding hydrogens is 354 g/mol. The predicted molar refractivity (Wildman–Crippen MR) is 102 cm³/mol. The fourth-order valence-electron chi connectivity index (χ4n) is 2.98. The highest BCUT2D eigenvalue weighted by molar-refractivity contribution is 7.88. The number of nitrogens with two attached hydrogens (primary N) is 1. The SMILES string of the molecule is CC(C)(C)NS(=O)(=O)Cc1cccc(NC(=O)C(N)C2CCOCC2)c1. The van der Waals surface area contributed by atoms with E-state index in [1.807, 2.05) is 0 Å². The van der Waals surface area contributed by atoms with Crippen molar-refractivity contribution in [2.45, 2.75) is 50.9 Å². The number of sulfonamides is 1. The van der Waals surface area contributed by atoms with Gasteiger partial charge >= 0.3 is 0 Å². The molecule has 7 nitrogen and oxygen atoms in total. The van der Waals surface area contributed by atoms with E-state index < -0.39 is 21.6 Å². The molecule has 1 fully saturated rings. The quantitative estimate of drug-likeness (QED) is 0.691. The van der Waals surface area contributed by atoms with Gasteiger partial charge in [0.05, 0.1) is 11.8 Å². The van der Waals surface area contributed by atoms with Gasteiger partial charge in [0.2, 0.25) is 15.9 Å². The van der Waals surface area contributed by atoms with Crippen LogP contribution in [0.1, 0.15) is 39.2 Å². The highest BCUT2D eigenvalue weighted by atomic mass is 32.2. The minimum absolute atomic E-state index is 0.100. The summed E-state index contributed by atoms with van der Waals surface area (Å²) in [6.07, 6.45) is 1.54. The molecule has 1 heterocycles. The average Bonchev–Trinajstić information content (AvgIpc) is 2.52. The number of anilines is 1. The average molecular weight is 384 g/mol. The smallest absolute Gasteiger partial charge is 0.241 e. The fourth-order valence-corrected chi connectivity index (χ4v) is 4.60. The first-order valence-electron chi connectivity index (χ1n) is 8.80. The molecule has 0 aliphatic carbocycles. The number of hydrogen-bond acceptors (Lipinski definition) is 5. The van der Waals surface area contributed by atoms with Gasteiger partial charge in [0.1, 0.15) is 0 Å². The molecular formula is C18H29N3O4S. The van der Waals surface area contributed by atoms with E-state index >= 15 is 0 Å². The van der Waals surface area contributed by atoms with Crippen LogP contribution in [0.2, 0.25) is 0 Å². The summed E-state index contributed by atoms with van der Waals surface area (Å²) in [5.74, 6) is -0.312. The Morgan fingerprint density at radius 3 is 2.58 bits per heavy atom. The molecule has 4 N–H and O–H groups in total. The van der Waals surface area contributed by atoms with Crippen LogP contribution in [-0.4, -0.2) is 39.1 Å². The van der Waals surface area contributed by atoms with E-state index in [0.717, 1.165) is 12.8 Å². The number of amides is 1. The summed E-state index contributed by atoms with van der Waals surface area (Å²) in [6, 6.07) is 6.22. The molecule has 1 aliphatic rings. The normalized spacial score (nSPS) is 17.7. The van der Waals surface area contributed by atoms with Crippen LogP contribution in [0.25, 0.3) is 0 Å². The van der Waals surface area contributed by atoms with Gasteiger partial charge in [-0.3, -0.25) is 4.79 Å². The maximum Gasteiger partial charge on any atom is 0.241 e. The number of carbonyl (C=O) groups excluding carboxylic acids is 1. The maximum atomic E-state index is 12.4. The van der Waals surface area contributed by atoms with Gasteiger partial charge in [-0.25, -0.2) is 13.1 Å². The van der Waals surface area contributed by atoms with E-state index in [2.05, 4.69) is 10.0 Å². The molecule has 1 aromatic rings. The second-order valence-corrected chi connectivity index (χ2v) is 9.50. The Hall–Kier alpha value is -1.48. The summed E-state index contributed by atoms with van der Waals surface area (Å²) in [5, 5.41) is 2.79. The molecule has 1 amide bonds. The van der Waals surface area contributed by atoms with Gasteiger partial charge in [-0.05, 0) is 57.2 Å². The summed E-state index contributed by atoms with van der Waals surface area (Å²) in [6.45, 7) is 6.62. The number of rotatable bonds is 6. The Kier molecular flexibility index (Phi) is 6.79. The highest BCUT2D eigenvalue weighted by Gasteiger charge is 2.26. The molecule has 1 saturated heterocycles. The van der Waals surface area contributed by atoms with E-state index in [0.29, 0.717) is 24.5 Å². The number of benzene rings is 1. The molecule has 1 atom stereocenters. The molecule has 146 valence electrons. The van der Waals surface area contributed by atoms with Crippen molar-refractivity contribution in [1.29, 1.82) is 0 Å². The molecule has 1 aromatic carbocycles. The lowest BCUT2D eigenvalue weighted by molar-refractivity contribution is -0.119. The van der Waals surface area contributed by atoms with Crippen LogP contribution < -0.4 is 15.8 Å². The largest absolute Gasteiger partial charge is 0.381 e.